The van der Waals surface area contributed by atoms with Crippen LogP contribution in [0.5, 0.6) is 17.2 Å². The van der Waals surface area contributed by atoms with Crippen molar-refractivity contribution >= 4 is 23.1 Å². The van der Waals surface area contributed by atoms with Crippen LogP contribution in [0.4, 0.5) is 15.9 Å². The molecule has 174 valence electrons. The standard InChI is InChI=1S/C23H20FN5O5/c1-12(23(30)31)34-17-7-4-13(8-19(17)33-3)20-22(29-21(28-20)14(10-25)11-26-29)27-15-5-6-16(24)18(9-15)32-2/h4-9,11-12,26-27H,1-3H3,(H,30,31). The molecule has 0 aliphatic carbocycles. The van der Waals surface area contributed by atoms with Crippen LogP contribution in [-0.4, -0.2) is 46.0 Å². The molecule has 0 saturated carbocycles. The summed E-state index contributed by atoms with van der Waals surface area (Å²) in [6.07, 6.45) is 0.447. The summed E-state index contributed by atoms with van der Waals surface area (Å²) >= 11 is 0. The summed E-state index contributed by atoms with van der Waals surface area (Å²) in [6.45, 7) is 1.41. The van der Waals surface area contributed by atoms with Crippen LogP contribution in [0, 0.1) is 17.1 Å². The van der Waals surface area contributed by atoms with Gasteiger partial charge < -0.3 is 24.6 Å². The number of aromatic amines is 1. The summed E-state index contributed by atoms with van der Waals surface area (Å²) in [7, 11) is 2.81. The van der Waals surface area contributed by atoms with Crippen molar-refractivity contribution in [1.29, 1.82) is 5.26 Å². The molecule has 10 nitrogen and oxygen atoms in total. The van der Waals surface area contributed by atoms with E-state index in [1.165, 1.54) is 39.5 Å². The van der Waals surface area contributed by atoms with E-state index in [1.54, 1.807) is 28.8 Å². The molecule has 0 saturated heterocycles. The maximum Gasteiger partial charge on any atom is 0.344 e. The van der Waals surface area contributed by atoms with Gasteiger partial charge in [0, 0.05) is 23.5 Å². The van der Waals surface area contributed by atoms with E-state index in [2.05, 4.69) is 21.5 Å². The zero-order valence-electron chi connectivity index (χ0n) is 18.4. The van der Waals surface area contributed by atoms with Crippen LogP contribution in [0.3, 0.4) is 0 Å². The number of H-pyrrole nitrogens is 1. The largest absolute Gasteiger partial charge is 0.494 e. The van der Waals surface area contributed by atoms with Crippen molar-refractivity contribution in [1.82, 2.24) is 14.6 Å². The molecule has 1 unspecified atom stereocenters. The molecule has 0 fully saturated rings. The summed E-state index contributed by atoms with van der Waals surface area (Å²) < 4.78 is 31.4. The molecule has 2 heterocycles. The molecule has 11 heteroatoms. The van der Waals surface area contributed by atoms with Crippen molar-refractivity contribution in [3.63, 3.8) is 0 Å². The molecular weight excluding hydrogens is 445 g/mol. The van der Waals surface area contributed by atoms with Gasteiger partial charge in [-0.1, -0.05) is 0 Å². The lowest BCUT2D eigenvalue weighted by Crippen LogP contribution is -2.23. The van der Waals surface area contributed by atoms with Gasteiger partial charge in [-0.25, -0.2) is 18.7 Å². The maximum absolute atomic E-state index is 13.9. The molecule has 0 amide bonds. The van der Waals surface area contributed by atoms with Gasteiger partial charge >= 0.3 is 5.97 Å². The van der Waals surface area contributed by atoms with Crippen LogP contribution in [-0.2, 0) is 4.79 Å². The third kappa shape index (κ3) is 4.04. The Labute approximate surface area is 193 Å². The van der Waals surface area contributed by atoms with Gasteiger partial charge in [0.2, 0.25) is 0 Å². The van der Waals surface area contributed by atoms with Crippen molar-refractivity contribution in [3.05, 3.63) is 54.0 Å². The van der Waals surface area contributed by atoms with E-state index in [1.807, 2.05) is 0 Å². The van der Waals surface area contributed by atoms with E-state index in [0.717, 1.165) is 0 Å². The Balaban J connectivity index is 1.82. The molecular formula is C23H20FN5O5. The number of carboxylic acids is 1. The van der Waals surface area contributed by atoms with Gasteiger partial charge in [-0.3, -0.25) is 5.10 Å². The van der Waals surface area contributed by atoms with Crippen LogP contribution in [0.1, 0.15) is 12.5 Å². The third-order valence-electron chi connectivity index (χ3n) is 5.08. The topological polar surface area (TPSA) is 134 Å². The fraction of sp³-hybridized carbons (Fsp3) is 0.174. The Hall–Kier alpha value is -4.72. The van der Waals surface area contributed by atoms with E-state index in [0.29, 0.717) is 39.7 Å². The number of anilines is 2. The van der Waals surface area contributed by atoms with Gasteiger partial charge in [0.25, 0.3) is 0 Å². The number of hydrogen-bond donors (Lipinski definition) is 3. The predicted molar refractivity (Wildman–Crippen MR) is 120 cm³/mol. The predicted octanol–water partition coefficient (Wildman–Crippen LogP) is 3.95. The average molecular weight is 465 g/mol. The van der Waals surface area contributed by atoms with Crippen LogP contribution in [0.15, 0.2) is 42.6 Å². The second kappa shape index (κ2) is 9.03. The molecule has 0 radical (unpaired) electrons. The summed E-state index contributed by atoms with van der Waals surface area (Å²) in [6, 6.07) is 11.3. The highest BCUT2D eigenvalue weighted by Crippen LogP contribution is 2.38. The molecule has 0 spiro atoms. The van der Waals surface area contributed by atoms with Crippen molar-refractivity contribution in [3.8, 4) is 34.6 Å². The fourth-order valence-electron chi connectivity index (χ4n) is 3.35. The van der Waals surface area contributed by atoms with Crippen molar-refractivity contribution in [2.24, 2.45) is 0 Å². The number of imidazole rings is 1. The van der Waals surface area contributed by atoms with Crippen LogP contribution in [0.2, 0.25) is 0 Å². The first-order chi connectivity index (χ1) is 16.4. The number of ether oxygens (including phenoxy) is 3. The lowest BCUT2D eigenvalue weighted by atomic mass is 10.1. The van der Waals surface area contributed by atoms with E-state index in [4.69, 9.17) is 19.3 Å². The molecule has 3 N–H and O–H groups in total. The normalized spacial score (nSPS) is 11.6. The van der Waals surface area contributed by atoms with Gasteiger partial charge in [0.05, 0.1) is 14.2 Å². The summed E-state index contributed by atoms with van der Waals surface area (Å²) in [5.41, 5.74) is 2.30. The smallest absolute Gasteiger partial charge is 0.344 e. The lowest BCUT2D eigenvalue weighted by molar-refractivity contribution is -0.144. The summed E-state index contributed by atoms with van der Waals surface area (Å²) in [5, 5.41) is 24.7. The molecule has 1 atom stereocenters. The number of halogens is 1. The number of nitriles is 1. The Bertz CT molecular complexity index is 1420. The number of methoxy groups -OCH3 is 2. The fourth-order valence-corrected chi connectivity index (χ4v) is 3.35. The van der Waals surface area contributed by atoms with Crippen LogP contribution >= 0.6 is 0 Å². The second-order valence-electron chi connectivity index (χ2n) is 7.21. The zero-order valence-corrected chi connectivity index (χ0v) is 18.4. The molecule has 0 aliphatic rings. The number of nitrogens with one attached hydrogen (secondary N) is 2. The van der Waals surface area contributed by atoms with E-state index in [9.17, 15) is 14.4 Å². The number of aromatic nitrogens is 3. The van der Waals surface area contributed by atoms with E-state index >= 15 is 0 Å². The Morgan fingerprint density at radius 1 is 1.21 bits per heavy atom. The minimum Gasteiger partial charge on any atom is -0.494 e. The number of aliphatic carboxylic acids is 1. The number of nitrogens with zero attached hydrogens (tertiary/aromatic N) is 3. The first-order valence-corrected chi connectivity index (χ1v) is 10.0. The number of carboxylic acid groups (broad SMARTS) is 1. The zero-order chi connectivity index (χ0) is 24.4. The third-order valence-corrected chi connectivity index (χ3v) is 5.08. The second-order valence-corrected chi connectivity index (χ2v) is 7.21. The van der Waals surface area contributed by atoms with Gasteiger partial charge in [-0.05, 0) is 37.3 Å². The van der Waals surface area contributed by atoms with Crippen molar-refractivity contribution in [2.45, 2.75) is 13.0 Å². The van der Waals surface area contributed by atoms with Crippen molar-refractivity contribution in [2.75, 3.05) is 19.5 Å². The molecule has 4 rings (SSSR count). The Morgan fingerprint density at radius 3 is 2.65 bits per heavy atom. The van der Waals surface area contributed by atoms with Gasteiger partial charge in [-0.2, -0.15) is 5.26 Å². The van der Waals surface area contributed by atoms with Gasteiger partial charge in [0.1, 0.15) is 17.3 Å². The minimum absolute atomic E-state index is 0.0623. The molecule has 0 aliphatic heterocycles. The first-order valence-electron chi connectivity index (χ1n) is 10.0. The molecule has 2 aromatic heterocycles. The molecule has 4 aromatic rings. The lowest BCUT2D eigenvalue weighted by Gasteiger charge is -2.15. The first kappa shape index (κ1) is 22.5. The Kier molecular flexibility index (Phi) is 5.97. The number of fused-ring (bicyclic) bond motifs is 1. The number of carbonyl (C=O) groups is 1. The monoisotopic (exact) mass is 465 g/mol. The van der Waals surface area contributed by atoms with Crippen LogP contribution in [0.25, 0.3) is 16.9 Å². The highest BCUT2D eigenvalue weighted by molar-refractivity contribution is 5.82. The van der Waals surface area contributed by atoms with Crippen LogP contribution < -0.4 is 19.5 Å². The SMILES string of the molecule is COc1cc(Nc2c(-c3ccc(OC(C)C(=O)O)c(OC)c3)nc3c(C#N)c[nH]n23)ccc1F. The van der Waals surface area contributed by atoms with Gasteiger partial charge in [0.15, 0.2) is 40.6 Å². The maximum atomic E-state index is 13.9. The highest BCUT2D eigenvalue weighted by atomic mass is 19.1. The quantitative estimate of drug-likeness (QED) is 0.356. The highest BCUT2D eigenvalue weighted by Gasteiger charge is 2.21. The number of rotatable bonds is 8. The average Bonchev–Trinajstić information content (AvgIpc) is 3.40. The minimum atomic E-state index is -1.11. The van der Waals surface area contributed by atoms with Crippen molar-refractivity contribution < 1.29 is 28.5 Å². The molecule has 0 bridgehead atoms. The number of hydrogen-bond acceptors (Lipinski definition) is 7. The summed E-state index contributed by atoms with van der Waals surface area (Å²) in [4.78, 5) is 15.8. The van der Waals surface area contributed by atoms with E-state index < -0.39 is 17.9 Å². The molecule has 34 heavy (non-hydrogen) atoms. The molecule has 2 aromatic carbocycles. The Morgan fingerprint density at radius 2 is 1.97 bits per heavy atom. The number of benzene rings is 2. The van der Waals surface area contributed by atoms with E-state index in [-0.39, 0.29) is 11.5 Å². The van der Waals surface area contributed by atoms with Gasteiger partial charge in [-0.15, -0.1) is 0 Å². The summed E-state index contributed by atoms with van der Waals surface area (Å²) in [5.74, 6) is -0.528.